The lowest BCUT2D eigenvalue weighted by Gasteiger charge is -2.36. The van der Waals surface area contributed by atoms with Crippen molar-refractivity contribution in [2.75, 3.05) is 0 Å². The molecule has 1 aliphatic rings. The average Bonchev–Trinajstić information content (AvgIpc) is 3.44. The number of nitrogens with zero attached hydrogens (tertiary/aromatic N) is 2. The number of hydrogen-bond donors (Lipinski definition) is 4. The van der Waals surface area contributed by atoms with Crippen LogP contribution in [-0.4, -0.2) is 37.8 Å². The molecule has 1 fully saturated rings. The minimum atomic E-state index is -0.639. The third-order valence-corrected chi connectivity index (χ3v) is 9.19. The molecule has 2 heterocycles. The molecule has 4 N–H and O–H groups in total. The van der Waals surface area contributed by atoms with Crippen LogP contribution in [-0.2, 0) is 38.8 Å². The predicted octanol–water partition coefficient (Wildman–Crippen LogP) is 7.06. The fourth-order valence-corrected chi connectivity index (χ4v) is 6.07. The number of hydroxylamine groups is 1. The van der Waals surface area contributed by atoms with Crippen molar-refractivity contribution in [1.29, 1.82) is 0 Å². The topological polar surface area (TPSA) is 135 Å². The van der Waals surface area contributed by atoms with Crippen molar-refractivity contribution >= 4 is 35.0 Å². The van der Waals surface area contributed by atoms with Crippen LogP contribution >= 0.6 is 23.2 Å². The number of nitrogens with one attached hydrogen (secondary N) is 2. The molecule has 2 amide bonds. The molecular weight excluding hydrogens is 655 g/mol. The molecule has 12 heteroatoms. The molecule has 0 unspecified atom stereocenters. The highest BCUT2D eigenvalue weighted by atomic mass is 35.5. The number of imidazole rings is 1. The zero-order valence-corrected chi connectivity index (χ0v) is 28.0. The number of ether oxygens (including phenoxy) is 2. The summed E-state index contributed by atoms with van der Waals surface area (Å²) in [6.07, 6.45) is 4.81. The fourth-order valence-electron chi connectivity index (χ4n) is 5.76. The van der Waals surface area contributed by atoms with Crippen molar-refractivity contribution in [3.8, 4) is 11.1 Å². The Morgan fingerprint density at radius 2 is 1.56 bits per heavy atom. The number of unbranched alkanes of at least 4 members (excludes halogenated alkanes) is 3. The smallest absolute Gasteiger partial charge is 0.243 e. The van der Waals surface area contributed by atoms with Crippen LogP contribution in [0.3, 0.4) is 0 Å². The van der Waals surface area contributed by atoms with Gasteiger partial charge in [-0.25, -0.2) is 10.5 Å². The molecule has 5 rings (SSSR count). The van der Waals surface area contributed by atoms with Gasteiger partial charge < -0.3 is 24.5 Å². The number of carbonyl (C=O) groups is 2. The molecule has 1 aliphatic heterocycles. The van der Waals surface area contributed by atoms with Gasteiger partial charge in [0.05, 0.1) is 31.7 Å². The van der Waals surface area contributed by atoms with Crippen molar-refractivity contribution < 1.29 is 29.4 Å². The number of aromatic nitrogens is 2. The van der Waals surface area contributed by atoms with E-state index < -0.39 is 6.29 Å². The highest BCUT2D eigenvalue weighted by molar-refractivity contribution is 6.40. The second-order valence-corrected chi connectivity index (χ2v) is 12.5. The monoisotopic (exact) mass is 694 g/mol. The van der Waals surface area contributed by atoms with Crippen LogP contribution in [0.15, 0.2) is 79.1 Å². The first-order valence-corrected chi connectivity index (χ1v) is 16.8. The SMILES string of the molecule is O=C(CCCCCCC(=O)NCc1ccccc1-c1ccc([C@H]2O[C@@H](Cn3cnc(Cl)c3Cl)C[C@@H](c3ccc(CO)cc3)O2)cc1)NO. The largest absolute Gasteiger partial charge is 0.392 e. The van der Waals surface area contributed by atoms with Gasteiger partial charge in [0.1, 0.15) is 5.15 Å². The summed E-state index contributed by atoms with van der Waals surface area (Å²) in [5.41, 5.74) is 7.32. The molecule has 0 radical (unpaired) electrons. The molecule has 0 bridgehead atoms. The lowest BCUT2D eigenvalue weighted by molar-refractivity contribution is -0.252. The number of rotatable bonds is 15. The molecule has 1 saturated heterocycles. The summed E-state index contributed by atoms with van der Waals surface area (Å²) < 4.78 is 14.7. The van der Waals surface area contributed by atoms with E-state index in [4.69, 9.17) is 37.9 Å². The Bertz CT molecular complexity index is 1650. The van der Waals surface area contributed by atoms with Gasteiger partial charge in [0.25, 0.3) is 0 Å². The van der Waals surface area contributed by atoms with Gasteiger partial charge in [0, 0.05) is 31.4 Å². The molecule has 3 atom stereocenters. The molecule has 48 heavy (non-hydrogen) atoms. The summed E-state index contributed by atoms with van der Waals surface area (Å²) in [6, 6.07) is 23.8. The van der Waals surface area contributed by atoms with Crippen LogP contribution in [0.4, 0.5) is 0 Å². The van der Waals surface area contributed by atoms with E-state index >= 15 is 0 Å². The number of amides is 2. The van der Waals surface area contributed by atoms with Gasteiger partial charge in [-0.2, -0.15) is 0 Å². The van der Waals surface area contributed by atoms with Crippen LogP contribution in [0.5, 0.6) is 0 Å². The predicted molar refractivity (Wildman–Crippen MR) is 182 cm³/mol. The molecule has 0 saturated carbocycles. The van der Waals surface area contributed by atoms with E-state index in [1.54, 1.807) is 16.4 Å². The highest BCUT2D eigenvalue weighted by Crippen LogP contribution is 2.39. The van der Waals surface area contributed by atoms with Crippen LogP contribution in [0.25, 0.3) is 11.1 Å². The van der Waals surface area contributed by atoms with Crippen LogP contribution < -0.4 is 10.8 Å². The highest BCUT2D eigenvalue weighted by Gasteiger charge is 2.33. The maximum absolute atomic E-state index is 12.5. The van der Waals surface area contributed by atoms with Gasteiger partial charge in [-0.3, -0.25) is 14.8 Å². The Hall–Kier alpha value is -3.77. The van der Waals surface area contributed by atoms with Crippen LogP contribution in [0, 0.1) is 0 Å². The van der Waals surface area contributed by atoms with E-state index in [1.165, 1.54) is 0 Å². The Balaban J connectivity index is 1.23. The number of aliphatic hydroxyl groups excluding tert-OH is 1. The molecule has 0 aliphatic carbocycles. The van der Waals surface area contributed by atoms with E-state index in [-0.39, 0.29) is 42.2 Å². The summed E-state index contributed by atoms with van der Waals surface area (Å²) >= 11 is 12.5. The minimum absolute atomic E-state index is 0.0193. The van der Waals surface area contributed by atoms with E-state index in [0.29, 0.717) is 37.5 Å². The molecule has 4 aromatic rings. The van der Waals surface area contributed by atoms with Crippen molar-refractivity contribution in [3.63, 3.8) is 0 Å². The van der Waals surface area contributed by atoms with Crippen molar-refractivity contribution in [2.24, 2.45) is 0 Å². The van der Waals surface area contributed by atoms with E-state index in [2.05, 4.69) is 10.3 Å². The maximum atomic E-state index is 12.5. The Morgan fingerprint density at radius 1 is 0.875 bits per heavy atom. The average molecular weight is 696 g/mol. The van der Waals surface area contributed by atoms with Crippen LogP contribution in [0.2, 0.25) is 10.3 Å². The summed E-state index contributed by atoms with van der Waals surface area (Å²) in [4.78, 5) is 27.7. The molecule has 0 spiro atoms. The zero-order valence-electron chi connectivity index (χ0n) is 26.5. The van der Waals surface area contributed by atoms with Gasteiger partial charge in [-0.05, 0) is 40.7 Å². The van der Waals surface area contributed by atoms with Crippen molar-refractivity contribution in [2.45, 2.75) is 83.1 Å². The maximum Gasteiger partial charge on any atom is 0.243 e. The van der Waals surface area contributed by atoms with E-state index in [1.807, 2.05) is 72.8 Å². The number of benzene rings is 3. The summed E-state index contributed by atoms with van der Waals surface area (Å²) in [6.45, 7) is 0.824. The normalized spacial score (nSPS) is 17.6. The first kappa shape index (κ1) is 35.5. The first-order valence-electron chi connectivity index (χ1n) is 16.1. The molecule has 254 valence electrons. The van der Waals surface area contributed by atoms with E-state index in [0.717, 1.165) is 52.6 Å². The standard InChI is InChI=1S/C36H40Cl2N4O6/c37-34-35(38)42(23-40-34)21-29-19-31(26-13-11-24(22-43)12-14-26)48-36(47-29)27-17-15-25(16-18-27)30-8-6-5-7-28(30)20-39-32(44)9-3-1-2-4-10-33(45)41-46/h5-8,11-18,23,29,31,36,43,46H,1-4,9-10,19-22H2,(H,39,44)(H,41,45)/t29-,31+,36+/m1/s1. The number of carbonyl (C=O) groups excluding carboxylic acids is 2. The number of aliphatic hydroxyl groups is 1. The van der Waals surface area contributed by atoms with Gasteiger partial charge in [-0.15, -0.1) is 0 Å². The Labute approximate surface area is 290 Å². The third kappa shape index (κ3) is 9.65. The van der Waals surface area contributed by atoms with Crippen molar-refractivity contribution in [3.05, 3.63) is 112 Å². The molecule has 10 nitrogen and oxygen atoms in total. The van der Waals surface area contributed by atoms with E-state index in [9.17, 15) is 14.7 Å². The Kier molecular flexibility index (Phi) is 13.0. The summed E-state index contributed by atoms with van der Waals surface area (Å²) in [5.74, 6) is -0.409. The zero-order chi connectivity index (χ0) is 33.9. The number of hydrogen-bond acceptors (Lipinski definition) is 7. The lowest BCUT2D eigenvalue weighted by Crippen LogP contribution is -2.32. The van der Waals surface area contributed by atoms with Gasteiger partial charge >= 0.3 is 0 Å². The van der Waals surface area contributed by atoms with Crippen molar-refractivity contribution in [1.82, 2.24) is 20.3 Å². The summed E-state index contributed by atoms with van der Waals surface area (Å²) in [7, 11) is 0. The van der Waals surface area contributed by atoms with Crippen LogP contribution in [0.1, 0.15) is 79.6 Å². The first-order chi connectivity index (χ1) is 23.3. The number of halogens is 2. The second kappa shape index (κ2) is 17.6. The lowest BCUT2D eigenvalue weighted by atomic mass is 9.97. The molecular formula is C36H40Cl2N4O6. The molecule has 3 aromatic carbocycles. The fraction of sp³-hybridized carbons (Fsp3) is 0.361. The van der Waals surface area contributed by atoms with Gasteiger partial charge in [0.15, 0.2) is 11.4 Å². The minimum Gasteiger partial charge on any atom is -0.392 e. The van der Waals surface area contributed by atoms with Gasteiger partial charge in [0.2, 0.25) is 11.8 Å². The summed E-state index contributed by atoms with van der Waals surface area (Å²) in [5, 5.41) is 21.7. The Morgan fingerprint density at radius 3 is 2.23 bits per heavy atom. The molecule has 1 aromatic heterocycles. The quantitative estimate of drug-likeness (QED) is 0.0595. The second-order valence-electron chi connectivity index (χ2n) is 11.8. The third-order valence-electron chi connectivity index (χ3n) is 8.42. The van der Waals surface area contributed by atoms with Gasteiger partial charge in [-0.1, -0.05) is 109 Å².